The quantitative estimate of drug-likeness (QED) is 0.599. The zero-order valence-electron chi connectivity index (χ0n) is 11.9. The Labute approximate surface area is 136 Å². The molecule has 0 spiro atoms. The number of halogens is 2. The molecule has 0 radical (unpaired) electrons. The first-order valence-electron chi connectivity index (χ1n) is 7.38. The van der Waals surface area contributed by atoms with Crippen molar-refractivity contribution in [2.24, 2.45) is 0 Å². The molecule has 2 aromatic carbocycles. The maximum atomic E-state index is 5.99. The van der Waals surface area contributed by atoms with E-state index in [4.69, 9.17) is 23.2 Å². The minimum Gasteiger partial charge on any atom is -0.127 e. The average molecular weight is 317 g/mol. The van der Waals surface area contributed by atoms with Crippen LogP contribution in [0.2, 0.25) is 5.02 Å². The van der Waals surface area contributed by atoms with Gasteiger partial charge in [-0.15, -0.1) is 11.6 Å². The van der Waals surface area contributed by atoms with Gasteiger partial charge in [0.2, 0.25) is 0 Å². The topological polar surface area (TPSA) is 0 Å². The third-order valence-electron chi connectivity index (χ3n) is 4.10. The molecule has 0 bridgehead atoms. The molecule has 0 nitrogen and oxygen atoms in total. The van der Waals surface area contributed by atoms with Gasteiger partial charge in [-0.05, 0) is 53.7 Å². The van der Waals surface area contributed by atoms with Gasteiger partial charge in [-0.25, -0.2) is 0 Å². The van der Waals surface area contributed by atoms with Gasteiger partial charge in [0.05, 0.1) is 0 Å². The third-order valence-corrected chi connectivity index (χ3v) is 4.62. The minimum atomic E-state index is 0.472. The van der Waals surface area contributed by atoms with E-state index in [-0.39, 0.29) is 0 Å². The van der Waals surface area contributed by atoms with Gasteiger partial charge in [0.1, 0.15) is 0 Å². The standard InChI is InChI=1S/C19H18Cl2/c20-11-3-5-16-13-17(14-7-9-18(21)10-8-14)12-15-4-1-2-6-19(15)16/h1-2,4,6-10,13,16H,3,5,11-12H2. The summed E-state index contributed by atoms with van der Waals surface area (Å²) >= 11 is 11.9. The SMILES string of the molecule is ClCCCC1C=C(c2ccc(Cl)cc2)Cc2ccccc21. The molecular weight excluding hydrogens is 299 g/mol. The van der Waals surface area contributed by atoms with Gasteiger partial charge in [0, 0.05) is 16.8 Å². The smallest absolute Gasteiger partial charge is 0.0406 e. The highest BCUT2D eigenvalue weighted by Crippen LogP contribution is 2.37. The monoisotopic (exact) mass is 316 g/mol. The van der Waals surface area contributed by atoms with Crippen molar-refractivity contribution in [2.75, 3.05) is 5.88 Å². The molecule has 2 aromatic rings. The van der Waals surface area contributed by atoms with Crippen molar-refractivity contribution in [1.29, 1.82) is 0 Å². The zero-order chi connectivity index (χ0) is 14.7. The lowest BCUT2D eigenvalue weighted by molar-refractivity contribution is 0.708. The molecule has 0 N–H and O–H groups in total. The van der Waals surface area contributed by atoms with Gasteiger partial charge < -0.3 is 0 Å². The lowest BCUT2D eigenvalue weighted by Gasteiger charge is -2.25. The summed E-state index contributed by atoms with van der Waals surface area (Å²) in [6.45, 7) is 0. The Balaban J connectivity index is 1.95. The molecule has 1 aliphatic carbocycles. The van der Waals surface area contributed by atoms with E-state index in [1.54, 1.807) is 0 Å². The lowest BCUT2D eigenvalue weighted by atomic mass is 9.80. The number of fused-ring (bicyclic) bond motifs is 1. The molecule has 0 aromatic heterocycles. The second-order valence-electron chi connectivity index (χ2n) is 5.51. The van der Waals surface area contributed by atoms with Gasteiger partial charge in [-0.1, -0.05) is 54.1 Å². The Morgan fingerprint density at radius 2 is 1.76 bits per heavy atom. The van der Waals surface area contributed by atoms with Crippen LogP contribution in [0, 0.1) is 0 Å². The summed E-state index contributed by atoms with van der Waals surface area (Å²) < 4.78 is 0. The molecule has 0 heterocycles. The van der Waals surface area contributed by atoms with Crippen molar-refractivity contribution in [1.82, 2.24) is 0 Å². The van der Waals surface area contributed by atoms with E-state index in [1.165, 1.54) is 22.3 Å². The van der Waals surface area contributed by atoms with Crippen LogP contribution in [0.15, 0.2) is 54.6 Å². The van der Waals surface area contributed by atoms with Crippen LogP contribution in [0.3, 0.4) is 0 Å². The number of hydrogen-bond acceptors (Lipinski definition) is 0. The molecule has 0 saturated carbocycles. The van der Waals surface area contributed by atoms with Gasteiger partial charge in [0.15, 0.2) is 0 Å². The van der Waals surface area contributed by atoms with Crippen LogP contribution in [-0.2, 0) is 6.42 Å². The van der Waals surface area contributed by atoms with Crippen LogP contribution in [-0.4, -0.2) is 5.88 Å². The summed E-state index contributed by atoms with van der Waals surface area (Å²) in [4.78, 5) is 0. The summed E-state index contributed by atoms with van der Waals surface area (Å²) in [6.07, 6.45) is 5.57. The highest BCUT2D eigenvalue weighted by molar-refractivity contribution is 6.30. The summed E-state index contributed by atoms with van der Waals surface area (Å²) in [5.41, 5.74) is 5.56. The van der Waals surface area contributed by atoms with Gasteiger partial charge in [0.25, 0.3) is 0 Å². The second kappa shape index (κ2) is 6.68. The van der Waals surface area contributed by atoms with Gasteiger partial charge in [-0.2, -0.15) is 0 Å². The van der Waals surface area contributed by atoms with Gasteiger partial charge in [-0.3, -0.25) is 0 Å². The number of rotatable bonds is 4. The number of hydrogen-bond donors (Lipinski definition) is 0. The molecular formula is C19H18Cl2. The Bertz CT molecular complexity index is 641. The normalized spacial score (nSPS) is 17.2. The largest absolute Gasteiger partial charge is 0.127 e. The summed E-state index contributed by atoms with van der Waals surface area (Å²) in [5, 5.41) is 0.786. The maximum absolute atomic E-state index is 5.99. The predicted molar refractivity (Wildman–Crippen MR) is 92.3 cm³/mol. The molecule has 1 aliphatic rings. The summed E-state index contributed by atoms with van der Waals surface area (Å²) in [7, 11) is 0. The van der Waals surface area contributed by atoms with Crippen molar-refractivity contribution in [3.63, 3.8) is 0 Å². The Hall–Kier alpha value is -1.24. The molecule has 0 saturated heterocycles. The van der Waals surface area contributed by atoms with E-state index < -0.39 is 0 Å². The molecule has 1 unspecified atom stereocenters. The van der Waals surface area contributed by atoms with Crippen molar-refractivity contribution in [2.45, 2.75) is 25.2 Å². The van der Waals surface area contributed by atoms with Crippen LogP contribution in [0.1, 0.15) is 35.4 Å². The first-order chi connectivity index (χ1) is 10.3. The van der Waals surface area contributed by atoms with Crippen LogP contribution >= 0.6 is 23.2 Å². The average Bonchev–Trinajstić information content (AvgIpc) is 2.53. The highest BCUT2D eigenvalue weighted by Gasteiger charge is 2.20. The fourth-order valence-corrected chi connectivity index (χ4v) is 3.33. The first kappa shape index (κ1) is 14.7. The summed E-state index contributed by atoms with van der Waals surface area (Å²) in [6, 6.07) is 16.9. The second-order valence-corrected chi connectivity index (χ2v) is 6.33. The van der Waals surface area contributed by atoms with E-state index in [9.17, 15) is 0 Å². The van der Waals surface area contributed by atoms with E-state index in [2.05, 4.69) is 42.5 Å². The number of allylic oxidation sites excluding steroid dienone is 2. The molecule has 21 heavy (non-hydrogen) atoms. The van der Waals surface area contributed by atoms with Crippen LogP contribution in [0.4, 0.5) is 0 Å². The number of alkyl halides is 1. The predicted octanol–water partition coefficient (Wildman–Crippen LogP) is 6.08. The van der Waals surface area contributed by atoms with E-state index >= 15 is 0 Å². The highest BCUT2D eigenvalue weighted by atomic mass is 35.5. The molecule has 0 fully saturated rings. The Morgan fingerprint density at radius 3 is 2.52 bits per heavy atom. The van der Waals surface area contributed by atoms with Crippen molar-refractivity contribution in [3.8, 4) is 0 Å². The maximum Gasteiger partial charge on any atom is 0.0406 e. The zero-order valence-corrected chi connectivity index (χ0v) is 13.4. The minimum absolute atomic E-state index is 0.472. The Morgan fingerprint density at radius 1 is 1.00 bits per heavy atom. The molecule has 2 heteroatoms. The molecule has 0 aliphatic heterocycles. The van der Waals surface area contributed by atoms with E-state index in [0.717, 1.165) is 30.2 Å². The van der Waals surface area contributed by atoms with Crippen LogP contribution < -0.4 is 0 Å². The number of benzene rings is 2. The molecule has 1 atom stereocenters. The van der Waals surface area contributed by atoms with Crippen molar-refractivity contribution >= 4 is 28.8 Å². The first-order valence-corrected chi connectivity index (χ1v) is 8.29. The van der Waals surface area contributed by atoms with Gasteiger partial charge >= 0.3 is 0 Å². The van der Waals surface area contributed by atoms with Crippen LogP contribution in [0.25, 0.3) is 5.57 Å². The van der Waals surface area contributed by atoms with E-state index in [1.807, 2.05) is 12.1 Å². The lowest BCUT2D eigenvalue weighted by Crippen LogP contribution is -2.08. The summed E-state index contributed by atoms with van der Waals surface area (Å²) in [5.74, 6) is 1.20. The molecule has 108 valence electrons. The van der Waals surface area contributed by atoms with Crippen molar-refractivity contribution < 1.29 is 0 Å². The Kier molecular flexibility index (Phi) is 4.67. The van der Waals surface area contributed by atoms with E-state index in [0.29, 0.717) is 5.92 Å². The fraction of sp³-hybridized carbons (Fsp3) is 0.263. The molecule has 3 rings (SSSR count). The van der Waals surface area contributed by atoms with Crippen molar-refractivity contribution in [3.05, 3.63) is 76.3 Å². The van der Waals surface area contributed by atoms with Crippen LogP contribution in [0.5, 0.6) is 0 Å². The fourth-order valence-electron chi connectivity index (χ4n) is 3.05. The third kappa shape index (κ3) is 3.33. The molecule has 0 amide bonds.